The van der Waals surface area contributed by atoms with Crippen LogP contribution in [-0.4, -0.2) is 41.1 Å². The normalized spacial score (nSPS) is 16.6. The van der Waals surface area contributed by atoms with Crippen molar-refractivity contribution in [2.45, 2.75) is 65.1 Å². The molecule has 170 valence electrons. The number of nitrogens with zero attached hydrogens (tertiary/aromatic N) is 1. The highest BCUT2D eigenvalue weighted by Crippen LogP contribution is 2.21. The van der Waals surface area contributed by atoms with E-state index in [1.165, 1.54) is 6.42 Å². The van der Waals surface area contributed by atoms with Gasteiger partial charge in [0.1, 0.15) is 5.60 Å². The Balaban J connectivity index is 2.14. The lowest BCUT2D eigenvalue weighted by Crippen LogP contribution is -2.37. The largest absolute Gasteiger partial charge is 0.460 e. The molecular formula is C25H36N2O4. The van der Waals surface area contributed by atoms with Gasteiger partial charge >= 0.3 is 5.97 Å². The third kappa shape index (κ3) is 9.40. The zero-order valence-electron chi connectivity index (χ0n) is 19.0. The maximum atomic E-state index is 12.3. The van der Waals surface area contributed by atoms with E-state index >= 15 is 0 Å². The van der Waals surface area contributed by atoms with Crippen molar-refractivity contribution in [1.29, 1.82) is 0 Å². The van der Waals surface area contributed by atoms with Gasteiger partial charge in [-0.15, -0.1) is 0 Å². The summed E-state index contributed by atoms with van der Waals surface area (Å²) in [6, 6.07) is 9.64. The minimum absolute atomic E-state index is 0.0767. The number of hydrogen-bond acceptors (Lipinski definition) is 6. The second-order valence-electron chi connectivity index (χ2n) is 8.54. The predicted molar refractivity (Wildman–Crippen MR) is 123 cm³/mol. The SMILES string of the molecule is C=C/C=C(\C(=C/CC(=O)OC(C)(C)C)N[C@@H](O)OCc1ccccc1)N1CCCCC1. The monoisotopic (exact) mass is 428 g/mol. The van der Waals surface area contributed by atoms with Crippen molar-refractivity contribution in [3.8, 4) is 0 Å². The van der Waals surface area contributed by atoms with Gasteiger partial charge < -0.3 is 24.8 Å². The summed E-state index contributed by atoms with van der Waals surface area (Å²) in [5.41, 5.74) is 1.90. The molecule has 0 radical (unpaired) electrons. The summed E-state index contributed by atoms with van der Waals surface area (Å²) in [5, 5.41) is 13.5. The van der Waals surface area contributed by atoms with Gasteiger partial charge in [0.15, 0.2) is 0 Å². The van der Waals surface area contributed by atoms with Gasteiger partial charge in [-0.25, -0.2) is 0 Å². The summed E-state index contributed by atoms with van der Waals surface area (Å²) in [6.07, 6.45) is 7.59. The number of nitrogens with one attached hydrogen (secondary N) is 1. The Kier molecular flexibility index (Phi) is 9.82. The maximum absolute atomic E-state index is 12.3. The Morgan fingerprint density at radius 1 is 1.23 bits per heavy atom. The van der Waals surface area contributed by atoms with Crippen LogP contribution in [0.1, 0.15) is 52.0 Å². The Hall–Kier alpha value is -2.57. The van der Waals surface area contributed by atoms with Crippen LogP contribution in [0.5, 0.6) is 0 Å². The second kappa shape index (κ2) is 12.3. The first-order chi connectivity index (χ1) is 14.8. The highest BCUT2D eigenvalue weighted by molar-refractivity contribution is 5.72. The molecule has 0 spiro atoms. The van der Waals surface area contributed by atoms with Gasteiger partial charge in [-0.3, -0.25) is 4.79 Å². The smallest absolute Gasteiger partial charge is 0.310 e. The fourth-order valence-electron chi connectivity index (χ4n) is 3.34. The number of aliphatic hydroxyl groups is 1. The second-order valence-corrected chi connectivity index (χ2v) is 8.54. The van der Waals surface area contributed by atoms with Gasteiger partial charge in [0.25, 0.3) is 0 Å². The third-order valence-corrected chi connectivity index (χ3v) is 4.67. The lowest BCUT2D eigenvalue weighted by atomic mass is 10.1. The molecule has 1 aromatic carbocycles. The molecule has 1 aliphatic rings. The minimum atomic E-state index is -1.23. The lowest BCUT2D eigenvalue weighted by Gasteiger charge is -2.33. The van der Waals surface area contributed by atoms with E-state index in [-0.39, 0.29) is 19.0 Å². The molecule has 31 heavy (non-hydrogen) atoms. The Bertz CT molecular complexity index is 759. The van der Waals surface area contributed by atoms with Crippen molar-refractivity contribution in [1.82, 2.24) is 10.2 Å². The summed E-state index contributed by atoms with van der Waals surface area (Å²) >= 11 is 0. The highest BCUT2D eigenvalue weighted by atomic mass is 16.6. The first-order valence-corrected chi connectivity index (χ1v) is 10.9. The van der Waals surface area contributed by atoms with Gasteiger partial charge in [-0.1, -0.05) is 43.0 Å². The topological polar surface area (TPSA) is 71.0 Å². The van der Waals surface area contributed by atoms with Crippen LogP contribution in [0.3, 0.4) is 0 Å². The van der Waals surface area contributed by atoms with E-state index in [2.05, 4.69) is 16.8 Å². The van der Waals surface area contributed by atoms with Crippen LogP contribution in [-0.2, 0) is 20.9 Å². The third-order valence-electron chi connectivity index (χ3n) is 4.67. The van der Waals surface area contributed by atoms with E-state index in [9.17, 15) is 9.90 Å². The number of esters is 1. The summed E-state index contributed by atoms with van der Waals surface area (Å²) in [7, 11) is 0. The van der Waals surface area contributed by atoms with Crippen LogP contribution >= 0.6 is 0 Å². The molecule has 0 amide bonds. The van der Waals surface area contributed by atoms with Gasteiger partial charge in [-0.2, -0.15) is 0 Å². The minimum Gasteiger partial charge on any atom is -0.460 e. The van der Waals surface area contributed by atoms with Crippen molar-refractivity contribution in [3.63, 3.8) is 0 Å². The fraction of sp³-hybridized carbons (Fsp3) is 0.480. The molecule has 0 aliphatic carbocycles. The molecule has 1 aliphatic heterocycles. The first-order valence-electron chi connectivity index (χ1n) is 10.9. The summed E-state index contributed by atoms with van der Waals surface area (Å²) in [5.74, 6) is -0.330. The standard InChI is InChI=1S/C25H36N2O4/c1-5-12-22(27-17-10-7-11-18-27)21(15-16-23(28)31-25(2,3)4)26-24(29)30-19-20-13-8-6-9-14-20/h5-6,8-9,12-15,24,26,29H,1,7,10-11,16-19H2,2-4H3/b21-15+,22-12+/t24-/m0/s1. The van der Waals surface area contributed by atoms with Crippen molar-refractivity contribution in [2.75, 3.05) is 13.1 Å². The highest BCUT2D eigenvalue weighted by Gasteiger charge is 2.20. The lowest BCUT2D eigenvalue weighted by molar-refractivity contribution is -0.153. The summed E-state index contributed by atoms with van der Waals surface area (Å²) < 4.78 is 11.0. The molecule has 1 atom stereocenters. The van der Waals surface area contributed by atoms with Crippen LogP contribution < -0.4 is 5.32 Å². The van der Waals surface area contributed by atoms with E-state index in [4.69, 9.17) is 9.47 Å². The molecule has 0 bridgehead atoms. The van der Waals surface area contributed by atoms with Crippen LogP contribution in [0.2, 0.25) is 0 Å². The van der Waals surface area contributed by atoms with Crippen molar-refractivity contribution < 1.29 is 19.4 Å². The van der Waals surface area contributed by atoms with Gasteiger partial charge in [0, 0.05) is 13.1 Å². The molecule has 2 rings (SSSR count). The van der Waals surface area contributed by atoms with Crippen LogP contribution in [0.15, 0.2) is 66.5 Å². The fourth-order valence-corrected chi connectivity index (χ4v) is 3.34. The number of likely N-dealkylation sites (tertiary alicyclic amines) is 1. The number of ether oxygens (including phenoxy) is 2. The molecule has 6 heteroatoms. The number of benzene rings is 1. The van der Waals surface area contributed by atoms with E-state index in [1.54, 1.807) is 12.2 Å². The Morgan fingerprint density at radius 2 is 1.90 bits per heavy atom. The molecule has 1 aromatic rings. The van der Waals surface area contributed by atoms with E-state index in [0.717, 1.165) is 37.2 Å². The molecule has 2 N–H and O–H groups in total. The van der Waals surface area contributed by atoms with E-state index < -0.39 is 12.0 Å². The molecule has 1 saturated heterocycles. The molecular weight excluding hydrogens is 392 g/mol. The zero-order valence-corrected chi connectivity index (χ0v) is 19.0. The number of rotatable bonds is 10. The van der Waals surface area contributed by atoms with Gasteiger partial charge in [0.2, 0.25) is 6.41 Å². The molecule has 6 nitrogen and oxygen atoms in total. The summed E-state index contributed by atoms with van der Waals surface area (Å²) in [4.78, 5) is 14.5. The summed E-state index contributed by atoms with van der Waals surface area (Å²) in [6.45, 7) is 11.4. The van der Waals surface area contributed by atoms with E-state index in [1.807, 2.05) is 57.2 Å². The molecule has 0 unspecified atom stereocenters. The van der Waals surface area contributed by atoms with Crippen molar-refractivity contribution in [2.24, 2.45) is 0 Å². The number of aliphatic hydroxyl groups excluding tert-OH is 1. The first kappa shape index (κ1) is 24.7. The zero-order chi connectivity index (χ0) is 22.7. The quantitative estimate of drug-likeness (QED) is 0.330. The van der Waals surface area contributed by atoms with Gasteiger partial charge in [0.05, 0.1) is 24.4 Å². The Labute approximate surface area is 186 Å². The van der Waals surface area contributed by atoms with Crippen LogP contribution in [0, 0.1) is 0 Å². The average Bonchev–Trinajstić information content (AvgIpc) is 2.74. The molecule has 1 heterocycles. The van der Waals surface area contributed by atoms with E-state index in [0.29, 0.717) is 5.70 Å². The number of carbonyl (C=O) groups excluding carboxylic acids is 1. The maximum Gasteiger partial charge on any atom is 0.310 e. The number of carbonyl (C=O) groups is 1. The van der Waals surface area contributed by atoms with Crippen LogP contribution in [0.4, 0.5) is 0 Å². The average molecular weight is 429 g/mol. The van der Waals surface area contributed by atoms with Gasteiger partial charge in [-0.05, 0) is 57.7 Å². The predicted octanol–water partition coefficient (Wildman–Crippen LogP) is 4.24. The number of piperidine rings is 1. The van der Waals surface area contributed by atoms with Crippen molar-refractivity contribution in [3.05, 3.63) is 72.1 Å². The molecule has 1 fully saturated rings. The Morgan fingerprint density at radius 3 is 2.52 bits per heavy atom. The molecule has 0 saturated carbocycles. The van der Waals surface area contributed by atoms with Crippen molar-refractivity contribution >= 4 is 5.97 Å². The number of allylic oxidation sites excluding steroid dienone is 2. The number of hydrogen-bond donors (Lipinski definition) is 2. The molecule has 0 aromatic heterocycles. The van der Waals surface area contributed by atoms with Crippen LogP contribution in [0.25, 0.3) is 0 Å².